The predicted molar refractivity (Wildman–Crippen MR) is 125 cm³/mol. The molecule has 0 saturated heterocycles. The average Bonchev–Trinajstić information content (AvgIpc) is 3.17. The molecule has 2 heterocycles. The quantitative estimate of drug-likeness (QED) is 0.458. The van der Waals surface area contributed by atoms with Gasteiger partial charge in [0.15, 0.2) is 5.65 Å². The average molecular weight is 431 g/mol. The molecule has 0 fully saturated rings. The van der Waals surface area contributed by atoms with Crippen LogP contribution in [0.1, 0.15) is 17.0 Å². The maximum atomic E-state index is 13.3. The fourth-order valence-corrected chi connectivity index (χ4v) is 3.74. The van der Waals surface area contributed by atoms with Gasteiger partial charge in [-0.2, -0.15) is 5.10 Å². The molecule has 0 saturated carbocycles. The zero-order chi connectivity index (χ0) is 22.8. The molecule has 164 valence electrons. The number of amides is 1. The standard InChI is InChI=1S/C25H26N4O3/c1-16-13-17(2)29-25(26-16)22(24(27-29)18-9-11-20(31-4)12-10-18)15-23(30)28(3)19-7-6-8-21(14-19)32-5/h6-14H,15H2,1-5H3. The van der Waals surface area contributed by atoms with Crippen molar-refractivity contribution in [3.05, 3.63) is 71.5 Å². The first-order chi connectivity index (χ1) is 15.4. The molecule has 2 aromatic carbocycles. The van der Waals surface area contributed by atoms with Crippen LogP contribution in [0.3, 0.4) is 0 Å². The van der Waals surface area contributed by atoms with Gasteiger partial charge < -0.3 is 14.4 Å². The molecule has 7 nitrogen and oxygen atoms in total. The minimum absolute atomic E-state index is 0.0659. The van der Waals surface area contributed by atoms with Gasteiger partial charge in [-0.25, -0.2) is 9.50 Å². The van der Waals surface area contributed by atoms with E-state index >= 15 is 0 Å². The molecular weight excluding hydrogens is 404 g/mol. The summed E-state index contributed by atoms with van der Waals surface area (Å²) in [4.78, 5) is 19.7. The Morgan fingerprint density at radius 1 is 1.00 bits per heavy atom. The van der Waals surface area contributed by atoms with Crippen molar-refractivity contribution in [2.45, 2.75) is 20.3 Å². The van der Waals surface area contributed by atoms with E-state index in [2.05, 4.69) is 0 Å². The lowest BCUT2D eigenvalue weighted by Crippen LogP contribution is -2.28. The van der Waals surface area contributed by atoms with E-state index < -0.39 is 0 Å². The van der Waals surface area contributed by atoms with Crippen LogP contribution in [0.25, 0.3) is 16.9 Å². The smallest absolute Gasteiger partial charge is 0.231 e. The van der Waals surface area contributed by atoms with Crippen LogP contribution in [0.5, 0.6) is 11.5 Å². The monoisotopic (exact) mass is 430 g/mol. The number of likely N-dealkylation sites (N-methyl/N-ethyl adjacent to an activating group) is 1. The third kappa shape index (κ3) is 4.01. The molecule has 0 aliphatic rings. The van der Waals surface area contributed by atoms with Crippen molar-refractivity contribution < 1.29 is 14.3 Å². The Morgan fingerprint density at radius 2 is 1.72 bits per heavy atom. The van der Waals surface area contributed by atoms with Crippen molar-refractivity contribution >= 4 is 17.2 Å². The van der Waals surface area contributed by atoms with E-state index in [9.17, 15) is 4.79 Å². The SMILES string of the molecule is COc1ccc(-c2nn3c(C)cc(C)nc3c2CC(=O)N(C)c2cccc(OC)c2)cc1. The molecule has 0 atom stereocenters. The number of carbonyl (C=O) groups excluding carboxylic acids is 1. The van der Waals surface area contributed by atoms with Gasteiger partial charge in [0.2, 0.25) is 5.91 Å². The second-order valence-corrected chi connectivity index (χ2v) is 7.66. The van der Waals surface area contributed by atoms with Crippen molar-refractivity contribution in [3.8, 4) is 22.8 Å². The van der Waals surface area contributed by atoms with Crippen LogP contribution in [0, 0.1) is 13.8 Å². The third-order valence-electron chi connectivity index (χ3n) is 5.50. The Bertz CT molecular complexity index is 1280. The molecule has 0 spiro atoms. The van der Waals surface area contributed by atoms with Gasteiger partial charge in [0.05, 0.1) is 26.3 Å². The fraction of sp³-hybridized carbons (Fsp3) is 0.240. The van der Waals surface area contributed by atoms with Gasteiger partial charge >= 0.3 is 0 Å². The number of benzene rings is 2. The van der Waals surface area contributed by atoms with Crippen molar-refractivity contribution in [3.63, 3.8) is 0 Å². The van der Waals surface area contributed by atoms with Gasteiger partial charge in [-0.15, -0.1) is 0 Å². The topological polar surface area (TPSA) is 69.0 Å². The molecule has 0 radical (unpaired) electrons. The first-order valence-electron chi connectivity index (χ1n) is 10.3. The van der Waals surface area contributed by atoms with Crippen LogP contribution in [0.15, 0.2) is 54.6 Å². The second-order valence-electron chi connectivity index (χ2n) is 7.66. The highest BCUT2D eigenvalue weighted by Gasteiger charge is 2.22. The van der Waals surface area contributed by atoms with Crippen LogP contribution in [-0.2, 0) is 11.2 Å². The molecule has 0 aliphatic carbocycles. The first-order valence-corrected chi connectivity index (χ1v) is 10.3. The highest BCUT2D eigenvalue weighted by molar-refractivity contribution is 5.96. The summed E-state index contributed by atoms with van der Waals surface area (Å²) >= 11 is 0. The number of fused-ring (bicyclic) bond motifs is 1. The number of ether oxygens (including phenoxy) is 2. The zero-order valence-corrected chi connectivity index (χ0v) is 18.9. The van der Waals surface area contributed by atoms with Gasteiger partial charge in [-0.3, -0.25) is 4.79 Å². The summed E-state index contributed by atoms with van der Waals surface area (Å²) in [6, 6.07) is 17.1. The Labute approximate surface area is 187 Å². The van der Waals surface area contributed by atoms with Crippen LogP contribution in [0.2, 0.25) is 0 Å². The fourth-order valence-electron chi connectivity index (χ4n) is 3.74. The number of aryl methyl sites for hydroxylation is 2. The Balaban J connectivity index is 1.78. The normalized spacial score (nSPS) is 10.9. The van der Waals surface area contributed by atoms with E-state index in [1.54, 1.807) is 30.7 Å². The lowest BCUT2D eigenvalue weighted by Gasteiger charge is -2.18. The molecule has 0 N–H and O–H groups in total. The Kier molecular flexibility index (Phi) is 5.81. The summed E-state index contributed by atoms with van der Waals surface area (Å²) in [7, 11) is 5.01. The molecule has 4 rings (SSSR count). The van der Waals surface area contributed by atoms with E-state index in [4.69, 9.17) is 19.6 Å². The molecule has 0 unspecified atom stereocenters. The lowest BCUT2D eigenvalue weighted by molar-refractivity contribution is -0.117. The summed E-state index contributed by atoms with van der Waals surface area (Å²) in [6.07, 6.45) is 0.161. The van der Waals surface area contributed by atoms with Crippen LogP contribution in [-0.4, -0.2) is 41.8 Å². The van der Waals surface area contributed by atoms with E-state index in [-0.39, 0.29) is 12.3 Å². The van der Waals surface area contributed by atoms with Crippen LogP contribution >= 0.6 is 0 Å². The molecule has 32 heavy (non-hydrogen) atoms. The number of nitrogens with zero attached hydrogens (tertiary/aromatic N) is 4. The molecular formula is C25H26N4O3. The molecule has 7 heteroatoms. The van der Waals surface area contributed by atoms with Gasteiger partial charge in [0, 0.05) is 41.3 Å². The molecule has 1 amide bonds. The van der Waals surface area contributed by atoms with E-state index in [0.717, 1.165) is 39.6 Å². The predicted octanol–water partition coefficient (Wildman–Crippen LogP) is 4.24. The number of methoxy groups -OCH3 is 2. The first kappa shape index (κ1) is 21.4. The Hall–Kier alpha value is -3.87. The van der Waals surface area contributed by atoms with Gasteiger partial charge in [0.25, 0.3) is 0 Å². The minimum atomic E-state index is -0.0659. The highest BCUT2D eigenvalue weighted by Crippen LogP contribution is 2.29. The summed E-state index contributed by atoms with van der Waals surface area (Å²) < 4.78 is 12.4. The maximum Gasteiger partial charge on any atom is 0.231 e. The van der Waals surface area contributed by atoms with Crippen molar-refractivity contribution in [2.75, 3.05) is 26.2 Å². The number of rotatable bonds is 6. The van der Waals surface area contributed by atoms with Gasteiger partial charge in [-0.1, -0.05) is 6.07 Å². The van der Waals surface area contributed by atoms with E-state index in [1.165, 1.54) is 0 Å². The number of carbonyl (C=O) groups is 1. The van der Waals surface area contributed by atoms with Gasteiger partial charge in [-0.05, 0) is 56.3 Å². The number of hydrogen-bond acceptors (Lipinski definition) is 5. The van der Waals surface area contributed by atoms with Crippen LogP contribution < -0.4 is 14.4 Å². The largest absolute Gasteiger partial charge is 0.497 e. The summed E-state index contributed by atoms with van der Waals surface area (Å²) in [5.41, 5.74) is 5.73. The number of aromatic nitrogens is 3. The number of hydrogen-bond donors (Lipinski definition) is 0. The van der Waals surface area contributed by atoms with Crippen molar-refractivity contribution in [1.82, 2.24) is 14.6 Å². The van der Waals surface area contributed by atoms with Gasteiger partial charge in [0.1, 0.15) is 11.5 Å². The lowest BCUT2D eigenvalue weighted by atomic mass is 10.0. The molecule has 2 aromatic heterocycles. The van der Waals surface area contributed by atoms with E-state index in [0.29, 0.717) is 11.4 Å². The second kappa shape index (κ2) is 8.70. The minimum Gasteiger partial charge on any atom is -0.497 e. The highest BCUT2D eigenvalue weighted by atomic mass is 16.5. The molecule has 0 aliphatic heterocycles. The summed E-state index contributed by atoms with van der Waals surface area (Å²) in [5.74, 6) is 1.40. The molecule has 4 aromatic rings. The maximum absolute atomic E-state index is 13.3. The third-order valence-corrected chi connectivity index (χ3v) is 5.50. The summed E-state index contributed by atoms with van der Waals surface area (Å²) in [5, 5.41) is 4.81. The van der Waals surface area contributed by atoms with Crippen molar-refractivity contribution in [2.24, 2.45) is 0 Å². The van der Waals surface area contributed by atoms with Crippen LogP contribution in [0.4, 0.5) is 5.69 Å². The van der Waals surface area contributed by atoms with E-state index in [1.807, 2.05) is 68.4 Å². The number of anilines is 1. The Morgan fingerprint density at radius 3 is 2.41 bits per heavy atom. The van der Waals surface area contributed by atoms with Crippen molar-refractivity contribution in [1.29, 1.82) is 0 Å². The molecule has 0 bridgehead atoms. The zero-order valence-electron chi connectivity index (χ0n) is 18.9. The summed E-state index contributed by atoms with van der Waals surface area (Å²) in [6.45, 7) is 3.93.